The number of anilines is 2. The van der Waals surface area contributed by atoms with Gasteiger partial charge in [-0.25, -0.2) is 0 Å². The number of hydrogen-bond acceptors (Lipinski definition) is 4. The van der Waals surface area contributed by atoms with Crippen molar-refractivity contribution in [3.63, 3.8) is 0 Å². The second-order valence-corrected chi connectivity index (χ2v) is 10.4. The van der Waals surface area contributed by atoms with E-state index >= 15 is 0 Å². The first kappa shape index (κ1) is 22.3. The summed E-state index contributed by atoms with van der Waals surface area (Å²) < 4.78 is 5.25. The summed E-state index contributed by atoms with van der Waals surface area (Å²) in [6, 6.07) is 11.4. The highest BCUT2D eigenvalue weighted by molar-refractivity contribution is 9.12. The van der Waals surface area contributed by atoms with Crippen LogP contribution in [0.1, 0.15) is 23.2 Å². The van der Waals surface area contributed by atoms with Gasteiger partial charge in [-0.2, -0.15) is 0 Å². The van der Waals surface area contributed by atoms with Crippen molar-refractivity contribution in [2.24, 2.45) is 11.8 Å². The molecule has 4 rings (SSSR count). The van der Waals surface area contributed by atoms with Crippen LogP contribution in [0.25, 0.3) is 0 Å². The molecule has 2 aromatic carbocycles. The van der Waals surface area contributed by atoms with Crippen molar-refractivity contribution in [3.8, 4) is 5.75 Å². The molecule has 1 N–H and O–H groups in total. The molecule has 0 radical (unpaired) electrons. The van der Waals surface area contributed by atoms with Crippen LogP contribution in [0.3, 0.4) is 0 Å². The Kier molecular flexibility index (Phi) is 6.42. The molecule has 6 nitrogen and oxygen atoms in total. The molecule has 0 unspecified atom stereocenters. The van der Waals surface area contributed by atoms with Crippen LogP contribution in [0.5, 0.6) is 5.75 Å². The van der Waals surface area contributed by atoms with Crippen LogP contribution >= 0.6 is 43.5 Å². The first-order valence-corrected chi connectivity index (χ1v) is 11.9. The lowest BCUT2D eigenvalue weighted by atomic mass is 9.81. The maximum atomic E-state index is 12.9. The van der Waals surface area contributed by atoms with E-state index in [4.69, 9.17) is 16.3 Å². The number of alkyl halides is 2. The third-order valence-electron chi connectivity index (χ3n) is 5.71. The number of halogens is 3. The van der Waals surface area contributed by atoms with Gasteiger partial charge >= 0.3 is 0 Å². The monoisotopic (exact) mass is 568 g/mol. The number of nitrogens with zero attached hydrogens (tertiary/aromatic N) is 1. The van der Waals surface area contributed by atoms with Gasteiger partial charge in [-0.3, -0.25) is 19.3 Å². The standard InChI is InChI=1S/C22H19Br2ClN2O4/c1-31-19-7-4-12(25)8-18(19)26-20(28)11-2-5-13(6-3-11)27-21(29)14-9-16(23)17(24)10-15(14)22(27)30/h2-8,14-17H,9-10H2,1H3,(H,26,28)/t14-,15-,16-,17+/m1/s1. The number of benzene rings is 2. The van der Waals surface area contributed by atoms with Gasteiger partial charge in [-0.05, 0) is 55.3 Å². The fraction of sp³-hybridized carbons (Fsp3) is 0.318. The Balaban J connectivity index is 1.52. The highest BCUT2D eigenvalue weighted by Gasteiger charge is 2.52. The topological polar surface area (TPSA) is 75.7 Å². The first-order valence-electron chi connectivity index (χ1n) is 9.71. The predicted octanol–water partition coefficient (Wildman–Crippen LogP) is 5.03. The van der Waals surface area contributed by atoms with Gasteiger partial charge in [0.2, 0.25) is 11.8 Å². The lowest BCUT2D eigenvalue weighted by molar-refractivity contribution is -0.122. The third-order valence-corrected chi connectivity index (χ3v) is 8.68. The van der Waals surface area contributed by atoms with Crippen LogP contribution in [0.15, 0.2) is 42.5 Å². The molecule has 1 saturated carbocycles. The molecule has 162 valence electrons. The molecule has 1 aliphatic heterocycles. The zero-order valence-corrected chi connectivity index (χ0v) is 20.4. The highest BCUT2D eigenvalue weighted by Crippen LogP contribution is 2.44. The number of carbonyl (C=O) groups is 3. The summed E-state index contributed by atoms with van der Waals surface area (Å²) in [5, 5.41) is 3.24. The van der Waals surface area contributed by atoms with Gasteiger partial charge < -0.3 is 10.1 Å². The van der Waals surface area contributed by atoms with E-state index in [2.05, 4.69) is 37.2 Å². The number of fused-ring (bicyclic) bond motifs is 1. The van der Waals surface area contributed by atoms with Gasteiger partial charge in [0.15, 0.2) is 0 Å². The summed E-state index contributed by atoms with van der Waals surface area (Å²) in [5.41, 5.74) is 1.30. The van der Waals surface area contributed by atoms with Crippen molar-refractivity contribution >= 4 is 72.6 Å². The van der Waals surface area contributed by atoms with Crippen LogP contribution in [0, 0.1) is 11.8 Å². The Morgan fingerprint density at radius 1 is 1.03 bits per heavy atom. The number of carbonyl (C=O) groups excluding carboxylic acids is 3. The van der Waals surface area contributed by atoms with E-state index in [0.717, 1.165) is 0 Å². The van der Waals surface area contributed by atoms with Crippen LogP contribution in [0.2, 0.25) is 5.02 Å². The molecule has 9 heteroatoms. The molecule has 0 aromatic heterocycles. The normalized spacial score (nSPS) is 25.4. The molecule has 1 saturated heterocycles. The Hall–Kier alpha value is -1.90. The molecule has 0 spiro atoms. The molecule has 1 aliphatic carbocycles. The summed E-state index contributed by atoms with van der Waals surface area (Å²) in [7, 11) is 1.50. The number of nitrogens with one attached hydrogen (secondary N) is 1. The summed E-state index contributed by atoms with van der Waals surface area (Å²) in [5.74, 6) is -0.864. The average molecular weight is 571 g/mol. The minimum atomic E-state index is -0.357. The van der Waals surface area contributed by atoms with Crippen molar-refractivity contribution in [2.45, 2.75) is 22.5 Å². The zero-order valence-electron chi connectivity index (χ0n) is 16.5. The Morgan fingerprint density at radius 2 is 1.61 bits per heavy atom. The van der Waals surface area contributed by atoms with Crippen molar-refractivity contribution < 1.29 is 19.1 Å². The number of methoxy groups -OCH3 is 1. The molecule has 4 atom stereocenters. The van der Waals surface area contributed by atoms with Gasteiger partial charge in [0, 0.05) is 20.2 Å². The van der Waals surface area contributed by atoms with E-state index in [1.165, 1.54) is 12.0 Å². The van der Waals surface area contributed by atoms with Crippen molar-refractivity contribution in [2.75, 3.05) is 17.3 Å². The van der Waals surface area contributed by atoms with Gasteiger partial charge in [0.05, 0.1) is 30.3 Å². The van der Waals surface area contributed by atoms with E-state index in [9.17, 15) is 14.4 Å². The van der Waals surface area contributed by atoms with Gasteiger partial charge in [-0.15, -0.1) is 0 Å². The molecule has 2 aliphatic rings. The van der Waals surface area contributed by atoms with E-state index in [1.54, 1.807) is 42.5 Å². The minimum absolute atomic E-state index is 0.153. The number of imide groups is 1. The van der Waals surface area contributed by atoms with Crippen LogP contribution in [0.4, 0.5) is 11.4 Å². The van der Waals surface area contributed by atoms with E-state index in [0.29, 0.717) is 40.6 Å². The third kappa shape index (κ3) is 4.25. The fourth-order valence-electron chi connectivity index (χ4n) is 4.08. The van der Waals surface area contributed by atoms with Gasteiger partial charge in [0.1, 0.15) is 5.75 Å². The molecule has 0 bridgehead atoms. The molecule has 2 fully saturated rings. The number of ether oxygens (including phenoxy) is 1. The Morgan fingerprint density at radius 3 is 2.16 bits per heavy atom. The second kappa shape index (κ2) is 8.92. The average Bonchev–Trinajstić information content (AvgIpc) is 2.98. The SMILES string of the molecule is COc1ccc(Cl)cc1NC(=O)c1ccc(N2C(=O)[C@@H]3C[C@@H](Br)[C@@H](Br)C[C@H]3C2=O)cc1. The largest absolute Gasteiger partial charge is 0.495 e. The second-order valence-electron chi connectivity index (χ2n) is 7.57. The maximum absolute atomic E-state index is 12.9. The van der Waals surface area contributed by atoms with E-state index in [1.807, 2.05) is 0 Å². The fourth-order valence-corrected chi connectivity index (χ4v) is 5.49. The number of hydrogen-bond donors (Lipinski definition) is 1. The van der Waals surface area contributed by atoms with Gasteiger partial charge in [0.25, 0.3) is 5.91 Å². The van der Waals surface area contributed by atoms with Crippen LogP contribution in [-0.4, -0.2) is 34.5 Å². The molecule has 31 heavy (non-hydrogen) atoms. The quantitative estimate of drug-likeness (QED) is 0.414. The number of amides is 3. The van der Waals surface area contributed by atoms with Crippen LogP contribution in [-0.2, 0) is 9.59 Å². The molecule has 2 aromatic rings. The Bertz CT molecular complexity index is 1020. The van der Waals surface area contributed by atoms with Gasteiger partial charge in [-0.1, -0.05) is 43.5 Å². The highest BCUT2D eigenvalue weighted by atomic mass is 79.9. The predicted molar refractivity (Wildman–Crippen MR) is 127 cm³/mol. The minimum Gasteiger partial charge on any atom is -0.495 e. The Labute approximate surface area is 201 Å². The zero-order chi connectivity index (χ0) is 22.3. The lowest BCUT2D eigenvalue weighted by Gasteiger charge is -2.29. The summed E-state index contributed by atoms with van der Waals surface area (Å²) in [4.78, 5) is 40.1. The summed E-state index contributed by atoms with van der Waals surface area (Å²) in [6.45, 7) is 0. The van der Waals surface area contributed by atoms with Crippen molar-refractivity contribution in [1.29, 1.82) is 0 Å². The molecular weight excluding hydrogens is 552 g/mol. The lowest BCUT2D eigenvalue weighted by Crippen LogP contribution is -2.34. The van der Waals surface area contributed by atoms with Crippen molar-refractivity contribution in [3.05, 3.63) is 53.1 Å². The summed E-state index contributed by atoms with van der Waals surface area (Å²) in [6.07, 6.45) is 1.23. The molecule has 3 amide bonds. The van der Waals surface area contributed by atoms with E-state index < -0.39 is 0 Å². The maximum Gasteiger partial charge on any atom is 0.255 e. The number of rotatable bonds is 4. The smallest absolute Gasteiger partial charge is 0.255 e. The van der Waals surface area contributed by atoms with Crippen molar-refractivity contribution in [1.82, 2.24) is 0 Å². The molecule has 1 heterocycles. The first-order chi connectivity index (χ1) is 14.8. The van der Waals surface area contributed by atoms with Crippen LogP contribution < -0.4 is 15.0 Å². The van der Waals surface area contributed by atoms with E-state index in [-0.39, 0.29) is 39.2 Å². The molecular formula is C22H19Br2ClN2O4. The summed E-state index contributed by atoms with van der Waals surface area (Å²) >= 11 is 13.2.